The number of hydrogen-bond acceptors (Lipinski definition) is 3. The Morgan fingerprint density at radius 2 is 1.91 bits per heavy atom. The Kier molecular flexibility index (Phi) is 4.74. The number of rotatable bonds is 4. The Labute approximate surface area is 144 Å². The zero-order chi connectivity index (χ0) is 16.4. The number of hydrogen-bond donors (Lipinski definition) is 0. The van der Waals surface area contributed by atoms with Gasteiger partial charge in [0.05, 0.1) is 10.9 Å². The summed E-state index contributed by atoms with van der Waals surface area (Å²) in [5.74, 6) is 0.770. The summed E-state index contributed by atoms with van der Waals surface area (Å²) in [5, 5.41) is 1.92. The molecule has 23 heavy (non-hydrogen) atoms. The van der Waals surface area contributed by atoms with Crippen LogP contribution in [-0.4, -0.2) is 9.55 Å². The summed E-state index contributed by atoms with van der Waals surface area (Å²) in [6.45, 7) is 3.99. The molecule has 0 aliphatic rings. The van der Waals surface area contributed by atoms with Crippen molar-refractivity contribution < 1.29 is 0 Å². The van der Waals surface area contributed by atoms with Crippen molar-refractivity contribution in [1.29, 1.82) is 0 Å². The van der Waals surface area contributed by atoms with Crippen molar-refractivity contribution >= 4 is 34.3 Å². The summed E-state index contributed by atoms with van der Waals surface area (Å²) in [6.07, 6.45) is 0. The number of nitrogens with zero attached hydrogens (tertiary/aromatic N) is 2. The van der Waals surface area contributed by atoms with E-state index in [2.05, 4.69) is 17.1 Å². The molecule has 2 aromatic carbocycles. The topological polar surface area (TPSA) is 34.9 Å². The van der Waals surface area contributed by atoms with E-state index in [1.165, 1.54) is 5.56 Å². The van der Waals surface area contributed by atoms with E-state index in [-0.39, 0.29) is 11.6 Å². The summed E-state index contributed by atoms with van der Waals surface area (Å²) in [7, 11) is 0. The molecule has 5 heteroatoms. The molecule has 0 fully saturated rings. The van der Waals surface area contributed by atoms with Crippen LogP contribution in [-0.2, 0) is 5.75 Å². The zero-order valence-corrected chi connectivity index (χ0v) is 14.6. The van der Waals surface area contributed by atoms with Gasteiger partial charge in [-0.25, -0.2) is 4.98 Å². The van der Waals surface area contributed by atoms with Crippen LogP contribution in [0.25, 0.3) is 10.9 Å². The molecule has 3 aromatic rings. The lowest BCUT2D eigenvalue weighted by Gasteiger charge is -2.16. The van der Waals surface area contributed by atoms with Crippen molar-refractivity contribution in [3.63, 3.8) is 0 Å². The average Bonchev–Trinajstić information content (AvgIpc) is 2.53. The maximum Gasteiger partial charge on any atom is 0.262 e. The smallest absolute Gasteiger partial charge is 0.262 e. The Morgan fingerprint density at radius 3 is 2.61 bits per heavy atom. The van der Waals surface area contributed by atoms with E-state index in [0.29, 0.717) is 15.9 Å². The van der Waals surface area contributed by atoms with Gasteiger partial charge in [0.15, 0.2) is 5.16 Å². The normalized spacial score (nSPS) is 11.3. The first-order valence-corrected chi connectivity index (χ1v) is 8.81. The third kappa shape index (κ3) is 3.43. The summed E-state index contributed by atoms with van der Waals surface area (Å²) in [6, 6.07) is 15.4. The van der Waals surface area contributed by atoms with Crippen LogP contribution in [0.4, 0.5) is 0 Å². The number of thioether (sulfide) groups is 1. The minimum Gasteiger partial charge on any atom is -0.285 e. The average molecular weight is 345 g/mol. The predicted molar refractivity (Wildman–Crippen MR) is 97.4 cm³/mol. The number of halogens is 1. The molecule has 3 rings (SSSR count). The van der Waals surface area contributed by atoms with Gasteiger partial charge in [-0.3, -0.25) is 9.36 Å². The second-order valence-electron chi connectivity index (χ2n) is 5.60. The fraction of sp³-hybridized carbons (Fsp3) is 0.222. The van der Waals surface area contributed by atoms with Crippen molar-refractivity contribution in [2.45, 2.75) is 30.8 Å². The predicted octanol–water partition coefficient (Wildman–Crippen LogP) is 4.92. The first-order valence-electron chi connectivity index (χ1n) is 7.45. The van der Waals surface area contributed by atoms with E-state index in [1.807, 2.05) is 32.0 Å². The second-order valence-corrected chi connectivity index (χ2v) is 6.98. The van der Waals surface area contributed by atoms with Gasteiger partial charge in [-0.15, -0.1) is 0 Å². The van der Waals surface area contributed by atoms with Crippen molar-refractivity contribution in [1.82, 2.24) is 9.55 Å². The molecule has 0 atom stereocenters. The SMILES string of the molecule is CC(C)n1c(SCc2ccccc2)nc2cc(Cl)ccc2c1=O. The Bertz CT molecular complexity index is 891. The molecule has 0 saturated heterocycles. The third-order valence-corrected chi connectivity index (χ3v) is 4.82. The molecule has 0 radical (unpaired) electrons. The molecule has 0 unspecified atom stereocenters. The van der Waals surface area contributed by atoms with Crippen molar-refractivity contribution in [2.24, 2.45) is 0 Å². The minimum absolute atomic E-state index is 0.0165. The number of benzene rings is 2. The van der Waals surface area contributed by atoms with Gasteiger partial charge in [-0.2, -0.15) is 0 Å². The van der Waals surface area contributed by atoms with Gasteiger partial charge in [-0.05, 0) is 37.6 Å². The van der Waals surface area contributed by atoms with Crippen LogP contribution in [0, 0.1) is 0 Å². The van der Waals surface area contributed by atoms with Gasteiger partial charge >= 0.3 is 0 Å². The van der Waals surface area contributed by atoms with Crippen LogP contribution >= 0.6 is 23.4 Å². The third-order valence-electron chi connectivity index (χ3n) is 3.56. The summed E-state index contributed by atoms with van der Waals surface area (Å²) in [5.41, 5.74) is 1.83. The lowest BCUT2D eigenvalue weighted by Crippen LogP contribution is -2.25. The highest BCUT2D eigenvalue weighted by Gasteiger charge is 2.14. The van der Waals surface area contributed by atoms with Crippen LogP contribution in [0.1, 0.15) is 25.5 Å². The lowest BCUT2D eigenvalue weighted by molar-refractivity contribution is 0.519. The van der Waals surface area contributed by atoms with Crippen LogP contribution in [0.5, 0.6) is 0 Å². The summed E-state index contributed by atoms with van der Waals surface area (Å²) in [4.78, 5) is 17.5. The molecule has 0 amide bonds. The molecule has 3 nitrogen and oxygen atoms in total. The van der Waals surface area contributed by atoms with E-state index in [9.17, 15) is 4.79 Å². The Morgan fingerprint density at radius 1 is 1.17 bits per heavy atom. The van der Waals surface area contributed by atoms with Gasteiger partial charge < -0.3 is 0 Å². The monoisotopic (exact) mass is 344 g/mol. The molecular formula is C18H17ClN2OS. The summed E-state index contributed by atoms with van der Waals surface area (Å²) < 4.78 is 1.75. The minimum atomic E-state index is -0.0165. The number of aromatic nitrogens is 2. The quantitative estimate of drug-likeness (QED) is 0.497. The van der Waals surface area contributed by atoms with Crippen LogP contribution in [0.15, 0.2) is 58.5 Å². The van der Waals surface area contributed by atoms with E-state index in [0.717, 1.165) is 10.9 Å². The van der Waals surface area contributed by atoms with Gasteiger partial charge in [0.25, 0.3) is 5.56 Å². The molecule has 0 aliphatic heterocycles. The van der Waals surface area contributed by atoms with E-state index < -0.39 is 0 Å². The maximum absolute atomic E-state index is 12.8. The largest absolute Gasteiger partial charge is 0.285 e. The highest BCUT2D eigenvalue weighted by molar-refractivity contribution is 7.98. The number of fused-ring (bicyclic) bond motifs is 1. The lowest BCUT2D eigenvalue weighted by atomic mass is 10.2. The molecule has 0 aliphatic carbocycles. The molecule has 118 valence electrons. The van der Waals surface area contributed by atoms with Crippen LogP contribution < -0.4 is 5.56 Å². The highest BCUT2D eigenvalue weighted by atomic mass is 35.5. The van der Waals surface area contributed by atoms with E-state index in [1.54, 1.807) is 34.5 Å². The van der Waals surface area contributed by atoms with Crippen molar-refractivity contribution in [3.05, 3.63) is 69.5 Å². The molecule has 0 saturated carbocycles. The van der Waals surface area contributed by atoms with E-state index in [4.69, 9.17) is 11.6 Å². The van der Waals surface area contributed by atoms with Gasteiger partial charge in [0.1, 0.15) is 0 Å². The Hall–Kier alpha value is -1.78. The van der Waals surface area contributed by atoms with Gasteiger partial charge in [0.2, 0.25) is 0 Å². The van der Waals surface area contributed by atoms with E-state index >= 15 is 0 Å². The summed E-state index contributed by atoms with van der Waals surface area (Å²) >= 11 is 7.62. The van der Waals surface area contributed by atoms with Crippen LogP contribution in [0.3, 0.4) is 0 Å². The first kappa shape index (κ1) is 16.1. The maximum atomic E-state index is 12.8. The van der Waals surface area contributed by atoms with Crippen LogP contribution in [0.2, 0.25) is 5.02 Å². The zero-order valence-electron chi connectivity index (χ0n) is 13.0. The van der Waals surface area contributed by atoms with Gasteiger partial charge in [-0.1, -0.05) is 53.7 Å². The molecule has 0 N–H and O–H groups in total. The molecule has 1 aromatic heterocycles. The fourth-order valence-electron chi connectivity index (χ4n) is 2.43. The molecule has 0 spiro atoms. The first-order chi connectivity index (χ1) is 11.1. The second kappa shape index (κ2) is 6.77. The van der Waals surface area contributed by atoms with Crippen molar-refractivity contribution in [2.75, 3.05) is 0 Å². The molecule has 0 bridgehead atoms. The fourth-order valence-corrected chi connectivity index (χ4v) is 3.68. The molecule has 1 heterocycles. The standard InChI is InChI=1S/C18H17ClN2OS/c1-12(2)21-17(22)15-9-8-14(19)10-16(15)20-18(21)23-11-13-6-4-3-5-7-13/h3-10,12H,11H2,1-2H3. The van der Waals surface area contributed by atoms with Gasteiger partial charge in [0, 0.05) is 16.8 Å². The Balaban J connectivity index is 2.07. The highest BCUT2D eigenvalue weighted by Crippen LogP contribution is 2.25. The molecular weight excluding hydrogens is 328 g/mol. The van der Waals surface area contributed by atoms with Crippen molar-refractivity contribution in [3.8, 4) is 0 Å².